The van der Waals surface area contributed by atoms with Crippen LogP contribution >= 0.6 is 0 Å². The molecular weight excluding hydrogens is 472 g/mol. The number of nitrogens with one attached hydrogen (secondary N) is 1. The fourth-order valence-electron chi connectivity index (χ4n) is 4.81. The number of aliphatic hydroxyl groups excluding tert-OH is 1. The van der Waals surface area contributed by atoms with E-state index < -0.39 is 17.7 Å². The first-order valence-corrected chi connectivity index (χ1v) is 11.8. The van der Waals surface area contributed by atoms with E-state index in [0.717, 1.165) is 16.5 Å². The maximum absolute atomic E-state index is 13.3. The summed E-state index contributed by atoms with van der Waals surface area (Å²) in [5.74, 6) is -0.587. The van der Waals surface area contributed by atoms with Crippen molar-refractivity contribution in [2.24, 2.45) is 0 Å². The molecule has 1 saturated heterocycles. The number of aromatic hydroxyl groups is 1. The minimum absolute atomic E-state index is 0.00630. The van der Waals surface area contributed by atoms with Gasteiger partial charge in [0.25, 0.3) is 11.7 Å². The number of phenols is 1. The van der Waals surface area contributed by atoms with E-state index in [1.54, 1.807) is 43.5 Å². The standard InChI is InChI=1S/C29H26N2O6/c1-36-21-8-4-6-18(14-21)27(33)25-26(17-5-3-7-20(32)13-17)31(29(35)28(25)34)12-11-19-16-30-24-10-9-22(37-2)15-23(19)24/h3-10,13-16,26,30,32-33H,11-12H2,1-2H3/t26-/m1/s1. The second-order valence-corrected chi connectivity index (χ2v) is 8.79. The van der Waals surface area contributed by atoms with Crippen molar-refractivity contribution in [2.45, 2.75) is 12.5 Å². The van der Waals surface area contributed by atoms with E-state index >= 15 is 0 Å². The summed E-state index contributed by atoms with van der Waals surface area (Å²) in [5, 5.41) is 22.4. The number of aliphatic hydroxyl groups is 1. The van der Waals surface area contributed by atoms with Crippen molar-refractivity contribution in [3.63, 3.8) is 0 Å². The number of rotatable bonds is 7. The lowest BCUT2D eigenvalue weighted by atomic mass is 9.95. The molecule has 4 aromatic rings. The van der Waals surface area contributed by atoms with Crippen LogP contribution in [0.15, 0.2) is 78.5 Å². The van der Waals surface area contributed by atoms with Crippen LogP contribution in [0.5, 0.6) is 17.2 Å². The lowest BCUT2D eigenvalue weighted by Gasteiger charge is -2.25. The monoisotopic (exact) mass is 498 g/mol. The van der Waals surface area contributed by atoms with Crippen molar-refractivity contribution in [1.82, 2.24) is 9.88 Å². The Morgan fingerprint density at radius 3 is 2.49 bits per heavy atom. The highest BCUT2D eigenvalue weighted by molar-refractivity contribution is 6.46. The maximum Gasteiger partial charge on any atom is 0.295 e. The highest BCUT2D eigenvalue weighted by atomic mass is 16.5. The van der Waals surface area contributed by atoms with Crippen molar-refractivity contribution >= 4 is 28.4 Å². The average Bonchev–Trinajstić information content (AvgIpc) is 3.44. The molecule has 2 heterocycles. The second-order valence-electron chi connectivity index (χ2n) is 8.79. The minimum Gasteiger partial charge on any atom is -0.508 e. The van der Waals surface area contributed by atoms with Gasteiger partial charge in [-0.1, -0.05) is 24.3 Å². The molecule has 0 radical (unpaired) electrons. The van der Waals surface area contributed by atoms with Gasteiger partial charge in [-0.3, -0.25) is 9.59 Å². The molecule has 5 rings (SSSR count). The molecule has 3 N–H and O–H groups in total. The van der Waals surface area contributed by atoms with Gasteiger partial charge in [-0.05, 0) is 60.0 Å². The van der Waals surface area contributed by atoms with Gasteiger partial charge >= 0.3 is 0 Å². The largest absolute Gasteiger partial charge is 0.508 e. The van der Waals surface area contributed by atoms with Crippen molar-refractivity contribution < 1.29 is 29.3 Å². The van der Waals surface area contributed by atoms with Crippen LogP contribution in [-0.4, -0.2) is 52.6 Å². The van der Waals surface area contributed by atoms with Gasteiger partial charge in [-0.15, -0.1) is 0 Å². The van der Waals surface area contributed by atoms with Crippen molar-refractivity contribution in [2.75, 3.05) is 20.8 Å². The van der Waals surface area contributed by atoms with E-state index in [2.05, 4.69) is 4.98 Å². The molecule has 188 valence electrons. The van der Waals surface area contributed by atoms with Crippen LogP contribution in [0.3, 0.4) is 0 Å². The average molecular weight is 499 g/mol. The Kier molecular flexibility index (Phi) is 6.31. The number of carbonyl (C=O) groups excluding carboxylic acids is 2. The summed E-state index contributed by atoms with van der Waals surface area (Å²) in [5.41, 5.74) is 2.72. The Morgan fingerprint density at radius 2 is 1.73 bits per heavy atom. The first kappa shape index (κ1) is 24.0. The van der Waals surface area contributed by atoms with Gasteiger partial charge in [0.1, 0.15) is 23.0 Å². The molecule has 0 saturated carbocycles. The first-order valence-electron chi connectivity index (χ1n) is 11.8. The SMILES string of the molecule is COc1cccc(C(O)=C2C(=O)C(=O)N(CCc3c[nH]c4ccc(OC)cc34)[C@@H]2c2cccc(O)c2)c1. The number of nitrogens with zero attached hydrogens (tertiary/aromatic N) is 1. The molecule has 1 aliphatic heterocycles. The van der Waals surface area contributed by atoms with Crippen LogP contribution in [0.4, 0.5) is 0 Å². The predicted octanol–water partition coefficient (Wildman–Crippen LogP) is 4.56. The number of phenolic OH excluding ortho intramolecular Hbond substituents is 1. The number of Topliss-reactive ketones (excluding diaryl/α,β-unsaturated/α-hetero) is 1. The van der Waals surface area contributed by atoms with Gasteiger partial charge < -0.3 is 29.6 Å². The Balaban J connectivity index is 1.56. The second kappa shape index (κ2) is 9.73. The van der Waals surface area contributed by atoms with Crippen LogP contribution in [-0.2, 0) is 16.0 Å². The number of benzene rings is 3. The third-order valence-corrected chi connectivity index (χ3v) is 6.67. The number of fused-ring (bicyclic) bond motifs is 1. The molecule has 8 nitrogen and oxygen atoms in total. The van der Waals surface area contributed by atoms with Crippen molar-refractivity contribution in [3.05, 3.63) is 95.2 Å². The van der Waals surface area contributed by atoms with E-state index in [0.29, 0.717) is 29.0 Å². The van der Waals surface area contributed by atoms with Crippen LogP contribution < -0.4 is 9.47 Å². The Morgan fingerprint density at radius 1 is 0.973 bits per heavy atom. The van der Waals surface area contributed by atoms with Gasteiger partial charge in [0.05, 0.1) is 25.8 Å². The molecular formula is C29H26N2O6. The molecule has 37 heavy (non-hydrogen) atoms. The maximum atomic E-state index is 13.3. The summed E-state index contributed by atoms with van der Waals surface area (Å²) >= 11 is 0. The van der Waals surface area contributed by atoms with Gasteiger partial charge in [0, 0.05) is 29.2 Å². The van der Waals surface area contributed by atoms with Gasteiger partial charge in [-0.25, -0.2) is 0 Å². The highest BCUT2D eigenvalue weighted by Crippen LogP contribution is 2.40. The summed E-state index contributed by atoms with van der Waals surface area (Å²) in [6, 6.07) is 17.9. The molecule has 1 aliphatic rings. The van der Waals surface area contributed by atoms with E-state index in [4.69, 9.17) is 9.47 Å². The highest BCUT2D eigenvalue weighted by Gasteiger charge is 2.46. The third-order valence-electron chi connectivity index (χ3n) is 6.67. The van der Waals surface area contributed by atoms with Gasteiger partial charge in [-0.2, -0.15) is 0 Å². The Bertz CT molecular complexity index is 1540. The number of ether oxygens (including phenoxy) is 2. The quantitative estimate of drug-likeness (QED) is 0.196. The van der Waals surface area contributed by atoms with E-state index in [1.807, 2.05) is 24.4 Å². The number of aromatic nitrogens is 1. The zero-order chi connectivity index (χ0) is 26.1. The lowest BCUT2D eigenvalue weighted by molar-refractivity contribution is -0.139. The summed E-state index contributed by atoms with van der Waals surface area (Å²) < 4.78 is 10.6. The zero-order valence-electron chi connectivity index (χ0n) is 20.4. The lowest BCUT2D eigenvalue weighted by Crippen LogP contribution is -2.31. The number of likely N-dealkylation sites (tertiary alicyclic amines) is 1. The van der Waals surface area contributed by atoms with Crippen molar-refractivity contribution in [3.8, 4) is 17.2 Å². The topological polar surface area (TPSA) is 112 Å². The molecule has 1 fully saturated rings. The fraction of sp³-hybridized carbons (Fsp3) is 0.172. The van der Waals surface area contributed by atoms with Crippen LogP contribution in [0.1, 0.15) is 22.7 Å². The summed E-state index contributed by atoms with van der Waals surface area (Å²) in [6.07, 6.45) is 2.33. The molecule has 3 aromatic carbocycles. The number of hydrogen-bond donors (Lipinski definition) is 3. The number of ketones is 1. The van der Waals surface area contributed by atoms with E-state index in [9.17, 15) is 19.8 Å². The molecule has 1 amide bonds. The number of aromatic amines is 1. The third kappa shape index (κ3) is 4.38. The fourth-order valence-corrected chi connectivity index (χ4v) is 4.81. The molecule has 0 bridgehead atoms. The molecule has 1 aromatic heterocycles. The summed E-state index contributed by atoms with van der Waals surface area (Å²) in [4.78, 5) is 31.2. The number of methoxy groups -OCH3 is 2. The molecule has 8 heteroatoms. The Hall–Kier alpha value is -4.72. The normalized spacial score (nSPS) is 16.9. The smallest absolute Gasteiger partial charge is 0.295 e. The number of amides is 1. The number of carbonyl (C=O) groups is 2. The van der Waals surface area contributed by atoms with Crippen LogP contribution in [0.2, 0.25) is 0 Å². The molecule has 0 unspecified atom stereocenters. The van der Waals surface area contributed by atoms with E-state index in [-0.39, 0.29) is 23.6 Å². The summed E-state index contributed by atoms with van der Waals surface area (Å²) in [6.45, 7) is 0.212. The molecule has 1 atom stereocenters. The van der Waals surface area contributed by atoms with Crippen molar-refractivity contribution in [1.29, 1.82) is 0 Å². The summed E-state index contributed by atoms with van der Waals surface area (Å²) in [7, 11) is 3.11. The number of H-pyrrole nitrogens is 1. The molecule has 0 spiro atoms. The van der Waals surface area contributed by atoms with Crippen LogP contribution in [0.25, 0.3) is 16.7 Å². The predicted molar refractivity (Wildman–Crippen MR) is 139 cm³/mol. The van der Waals surface area contributed by atoms with Gasteiger partial charge in [0.15, 0.2) is 0 Å². The van der Waals surface area contributed by atoms with Gasteiger partial charge in [0.2, 0.25) is 0 Å². The molecule has 0 aliphatic carbocycles. The first-order chi connectivity index (χ1) is 17.9. The Labute approximate surface area is 213 Å². The zero-order valence-corrected chi connectivity index (χ0v) is 20.4. The van der Waals surface area contributed by atoms with Crippen LogP contribution in [0, 0.1) is 0 Å². The minimum atomic E-state index is -0.877. The number of hydrogen-bond acceptors (Lipinski definition) is 6. The van der Waals surface area contributed by atoms with E-state index in [1.165, 1.54) is 24.1 Å².